The Bertz CT molecular complexity index is 1580. The standard InChI is InChI=1S/C28H26FN3O4S/c1-18-4-9-25(29)20(12-18)14-22(33)13-19-5-7-23(8-6-19)36-24-10-11-30-26(16-24)21-15-27(31-17-21)28(34)32-37(2,3)35/h4-12,15-17,31H,13-14H2,1-3H3. The number of rotatable bonds is 8. The fourth-order valence-corrected chi connectivity index (χ4v) is 4.20. The zero-order chi connectivity index (χ0) is 26.6. The van der Waals surface area contributed by atoms with Gasteiger partial charge < -0.3 is 9.72 Å². The monoisotopic (exact) mass is 519 g/mol. The van der Waals surface area contributed by atoms with E-state index in [0.717, 1.165) is 11.1 Å². The van der Waals surface area contributed by atoms with Gasteiger partial charge in [-0.3, -0.25) is 14.6 Å². The number of nitrogens with zero attached hydrogens (tertiary/aromatic N) is 2. The molecular weight excluding hydrogens is 493 g/mol. The number of pyridine rings is 1. The van der Waals surface area contributed by atoms with Crippen LogP contribution < -0.4 is 4.74 Å². The minimum atomic E-state index is -2.56. The van der Waals surface area contributed by atoms with Gasteiger partial charge in [-0.05, 0) is 48.4 Å². The Morgan fingerprint density at radius 1 is 1.00 bits per heavy atom. The summed E-state index contributed by atoms with van der Waals surface area (Å²) in [4.78, 5) is 31.8. The maximum absolute atomic E-state index is 14.0. The zero-order valence-corrected chi connectivity index (χ0v) is 21.5. The average Bonchev–Trinajstić information content (AvgIpc) is 3.33. The molecule has 0 saturated carbocycles. The zero-order valence-electron chi connectivity index (χ0n) is 20.7. The smallest absolute Gasteiger partial charge is 0.301 e. The third kappa shape index (κ3) is 7.20. The number of ether oxygens (including phenoxy) is 1. The molecule has 37 heavy (non-hydrogen) atoms. The van der Waals surface area contributed by atoms with Crippen LogP contribution in [-0.2, 0) is 27.4 Å². The van der Waals surface area contributed by atoms with Crippen LogP contribution in [0.25, 0.3) is 11.3 Å². The Kier molecular flexibility index (Phi) is 7.63. The van der Waals surface area contributed by atoms with Gasteiger partial charge in [0.1, 0.15) is 28.8 Å². The second kappa shape index (κ2) is 10.9. The highest BCUT2D eigenvalue weighted by atomic mass is 32.2. The molecular formula is C28H26FN3O4S. The van der Waals surface area contributed by atoms with E-state index < -0.39 is 15.6 Å². The summed E-state index contributed by atoms with van der Waals surface area (Å²) in [5.74, 6) is 0.0740. The highest BCUT2D eigenvalue weighted by Crippen LogP contribution is 2.27. The number of ketones is 1. The Labute approximate surface area is 214 Å². The van der Waals surface area contributed by atoms with Crippen LogP contribution in [0.5, 0.6) is 11.5 Å². The van der Waals surface area contributed by atoms with Gasteiger partial charge in [0.15, 0.2) is 0 Å². The molecule has 0 atom stereocenters. The Morgan fingerprint density at radius 3 is 2.49 bits per heavy atom. The van der Waals surface area contributed by atoms with Crippen molar-refractivity contribution >= 4 is 21.4 Å². The largest absolute Gasteiger partial charge is 0.457 e. The summed E-state index contributed by atoms with van der Waals surface area (Å²) in [6.45, 7) is 1.86. The SMILES string of the molecule is Cc1ccc(F)c(CC(=O)Cc2ccc(Oc3ccnc(-c4c[nH]c(C(=O)N=S(C)(C)=O)c4)c3)cc2)c1. The average molecular weight is 520 g/mol. The van der Waals surface area contributed by atoms with Gasteiger partial charge >= 0.3 is 5.91 Å². The number of H-pyrrole nitrogens is 1. The third-order valence-electron chi connectivity index (χ3n) is 5.39. The van der Waals surface area contributed by atoms with Crippen molar-refractivity contribution in [2.24, 2.45) is 4.36 Å². The van der Waals surface area contributed by atoms with Gasteiger partial charge in [0, 0.05) is 59.1 Å². The van der Waals surface area contributed by atoms with Crippen LogP contribution in [-0.4, -0.2) is 38.4 Å². The van der Waals surface area contributed by atoms with Crippen molar-refractivity contribution in [1.82, 2.24) is 9.97 Å². The van der Waals surface area contributed by atoms with Crippen molar-refractivity contribution < 1.29 is 22.9 Å². The number of amides is 1. The van der Waals surface area contributed by atoms with E-state index in [1.165, 1.54) is 18.6 Å². The summed E-state index contributed by atoms with van der Waals surface area (Å²) in [5.41, 5.74) is 3.57. The first kappa shape index (κ1) is 26.0. The summed E-state index contributed by atoms with van der Waals surface area (Å²) in [5, 5.41) is 0. The molecule has 0 radical (unpaired) electrons. The number of nitrogens with one attached hydrogen (secondary N) is 1. The Balaban J connectivity index is 1.40. The van der Waals surface area contributed by atoms with Crippen LogP contribution in [0.4, 0.5) is 4.39 Å². The highest BCUT2D eigenvalue weighted by molar-refractivity contribution is 7.92. The predicted molar refractivity (Wildman–Crippen MR) is 141 cm³/mol. The van der Waals surface area contributed by atoms with Crippen molar-refractivity contribution in [3.05, 3.63) is 101 Å². The van der Waals surface area contributed by atoms with Gasteiger partial charge in [0.05, 0.1) is 5.69 Å². The number of Topliss-reactive ketones (excluding diaryl/α,β-unsaturated/α-hetero) is 1. The summed E-state index contributed by atoms with van der Waals surface area (Å²) in [6, 6.07) is 16.9. The molecule has 2 heterocycles. The lowest BCUT2D eigenvalue weighted by atomic mass is 10.0. The molecule has 2 aromatic heterocycles. The van der Waals surface area contributed by atoms with Crippen molar-refractivity contribution in [3.8, 4) is 22.8 Å². The number of halogens is 1. The van der Waals surface area contributed by atoms with E-state index in [9.17, 15) is 18.2 Å². The van der Waals surface area contributed by atoms with E-state index in [1.807, 2.05) is 6.92 Å². The fourth-order valence-electron chi connectivity index (χ4n) is 3.70. The first-order valence-corrected chi connectivity index (χ1v) is 13.8. The van der Waals surface area contributed by atoms with E-state index >= 15 is 0 Å². The lowest BCUT2D eigenvalue weighted by molar-refractivity contribution is -0.117. The van der Waals surface area contributed by atoms with E-state index in [0.29, 0.717) is 28.3 Å². The van der Waals surface area contributed by atoms with Gasteiger partial charge in [-0.25, -0.2) is 8.60 Å². The molecule has 4 rings (SSSR count). The molecule has 1 N–H and O–H groups in total. The second-order valence-electron chi connectivity index (χ2n) is 8.99. The molecule has 0 spiro atoms. The summed E-state index contributed by atoms with van der Waals surface area (Å²) in [6.07, 6.45) is 6.24. The minimum absolute atomic E-state index is 0.0436. The Morgan fingerprint density at radius 2 is 1.76 bits per heavy atom. The first-order chi connectivity index (χ1) is 17.6. The second-order valence-corrected chi connectivity index (χ2v) is 11.5. The van der Waals surface area contributed by atoms with Crippen molar-refractivity contribution in [2.75, 3.05) is 12.5 Å². The molecule has 0 fully saturated rings. The number of aryl methyl sites for hydroxylation is 1. The summed E-state index contributed by atoms with van der Waals surface area (Å²) < 4.78 is 35.4. The third-order valence-corrected chi connectivity index (χ3v) is 6.00. The summed E-state index contributed by atoms with van der Waals surface area (Å²) >= 11 is 0. The number of aromatic nitrogens is 2. The van der Waals surface area contributed by atoms with E-state index in [1.54, 1.807) is 67.0 Å². The predicted octanol–water partition coefficient (Wildman–Crippen LogP) is 5.54. The molecule has 0 bridgehead atoms. The van der Waals surface area contributed by atoms with Gasteiger partial charge in [0.2, 0.25) is 0 Å². The molecule has 1 amide bonds. The van der Waals surface area contributed by atoms with E-state index in [-0.39, 0.29) is 30.1 Å². The lowest BCUT2D eigenvalue weighted by Crippen LogP contribution is -2.08. The molecule has 0 aliphatic rings. The molecule has 9 heteroatoms. The molecule has 190 valence electrons. The number of carbonyl (C=O) groups is 2. The number of aromatic amines is 1. The van der Waals surface area contributed by atoms with Gasteiger partial charge in [0.25, 0.3) is 0 Å². The topological polar surface area (TPSA) is 101 Å². The first-order valence-electron chi connectivity index (χ1n) is 11.5. The number of benzene rings is 2. The van der Waals surface area contributed by atoms with Gasteiger partial charge in [-0.1, -0.05) is 29.8 Å². The fraction of sp³-hybridized carbons (Fsp3) is 0.179. The van der Waals surface area contributed by atoms with Crippen LogP contribution in [0.2, 0.25) is 0 Å². The van der Waals surface area contributed by atoms with Crippen LogP contribution in [0.3, 0.4) is 0 Å². The number of carbonyl (C=O) groups excluding carboxylic acids is 2. The van der Waals surface area contributed by atoms with Crippen LogP contribution in [0.15, 0.2) is 77.4 Å². The molecule has 0 aliphatic heterocycles. The van der Waals surface area contributed by atoms with Crippen LogP contribution in [0, 0.1) is 12.7 Å². The normalized spacial score (nSPS) is 11.2. The molecule has 0 aliphatic carbocycles. The maximum Gasteiger partial charge on any atom is 0.301 e. The van der Waals surface area contributed by atoms with Crippen molar-refractivity contribution in [2.45, 2.75) is 19.8 Å². The number of hydrogen-bond donors (Lipinski definition) is 1. The molecule has 2 aromatic carbocycles. The molecule has 0 unspecified atom stereocenters. The van der Waals surface area contributed by atoms with Crippen molar-refractivity contribution in [3.63, 3.8) is 0 Å². The number of hydrogen-bond acceptors (Lipinski definition) is 5. The Hall–Kier alpha value is -4.11. The van der Waals surface area contributed by atoms with Crippen molar-refractivity contribution in [1.29, 1.82) is 0 Å². The quantitative estimate of drug-likeness (QED) is 0.329. The lowest BCUT2D eigenvalue weighted by Gasteiger charge is -2.08. The van der Waals surface area contributed by atoms with E-state index in [4.69, 9.17) is 4.74 Å². The minimum Gasteiger partial charge on any atom is -0.457 e. The van der Waals surface area contributed by atoms with Gasteiger partial charge in [-0.15, -0.1) is 0 Å². The molecule has 0 saturated heterocycles. The maximum atomic E-state index is 14.0. The molecule has 4 aromatic rings. The highest BCUT2D eigenvalue weighted by Gasteiger charge is 2.13. The van der Waals surface area contributed by atoms with Gasteiger partial charge in [-0.2, -0.15) is 4.36 Å². The summed E-state index contributed by atoms with van der Waals surface area (Å²) in [7, 11) is -2.56. The van der Waals surface area contributed by atoms with Crippen LogP contribution in [0.1, 0.15) is 27.2 Å². The molecule has 7 nitrogen and oxygen atoms in total. The van der Waals surface area contributed by atoms with Crippen LogP contribution >= 0.6 is 0 Å². The van der Waals surface area contributed by atoms with E-state index in [2.05, 4.69) is 14.3 Å².